The molecule has 0 bridgehead atoms. The molecule has 3 heterocycles. The number of aromatic nitrogens is 1. The van der Waals surface area contributed by atoms with Crippen LogP contribution in [-0.2, 0) is 22.2 Å². The van der Waals surface area contributed by atoms with E-state index in [0.717, 1.165) is 22.5 Å². The Hall–Kier alpha value is -2.94. The zero-order valence-electron chi connectivity index (χ0n) is 23.5. The molecule has 2 aliphatic rings. The van der Waals surface area contributed by atoms with Gasteiger partial charge in [0.1, 0.15) is 23.1 Å². The van der Waals surface area contributed by atoms with E-state index in [4.69, 9.17) is 10.4 Å². The van der Waals surface area contributed by atoms with Gasteiger partial charge >= 0.3 is 0 Å². The molecule has 1 saturated heterocycles. The van der Waals surface area contributed by atoms with Gasteiger partial charge in [0.2, 0.25) is 5.91 Å². The molecular weight excluding hydrogens is 546 g/mol. The number of halogens is 1. The van der Waals surface area contributed by atoms with Gasteiger partial charge in [-0.3, -0.25) is 15.0 Å². The summed E-state index contributed by atoms with van der Waals surface area (Å²) in [5, 5.41) is 19.8. The number of hydrogen-bond donors (Lipinski definition) is 2. The molecule has 2 N–H and O–H groups in total. The highest BCUT2D eigenvalue weighted by Gasteiger charge is 2.31. The Labute approximate surface area is 236 Å². The number of rotatable bonds is 4. The number of amidine groups is 1. The predicted molar refractivity (Wildman–Crippen MR) is 156 cm³/mol. The van der Waals surface area contributed by atoms with E-state index in [2.05, 4.69) is 4.90 Å². The van der Waals surface area contributed by atoms with Crippen molar-refractivity contribution in [2.75, 3.05) is 37.6 Å². The SMILES string of the molecule is Br.CC(=O)N1CCN(c2ccc3c(n2)C(=N)N(CC(=O)c2cc(C(C)(C)C)c(O)c(C(C)(C)C)c2)C3)CC1. The van der Waals surface area contributed by atoms with Gasteiger partial charge in [-0.25, -0.2) is 4.98 Å². The van der Waals surface area contributed by atoms with Crippen LogP contribution < -0.4 is 4.90 Å². The first kappa shape index (κ1) is 29.6. The van der Waals surface area contributed by atoms with Gasteiger partial charge in [-0.15, -0.1) is 17.0 Å². The monoisotopic (exact) mass is 585 g/mol. The largest absolute Gasteiger partial charge is 0.507 e. The zero-order valence-corrected chi connectivity index (χ0v) is 25.2. The number of amides is 1. The summed E-state index contributed by atoms with van der Waals surface area (Å²) in [5.41, 5.74) is 2.93. The van der Waals surface area contributed by atoms with Gasteiger partial charge in [-0.05, 0) is 29.0 Å². The van der Waals surface area contributed by atoms with Crippen LogP contribution in [-0.4, -0.2) is 70.1 Å². The topological polar surface area (TPSA) is 101 Å². The molecule has 8 nitrogen and oxygen atoms in total. The maximum absolute atomic E-state index is 13.5. The first-order chi connectivity index (χ1) is 17.2. The molecule has 0 spiro atoms. The lowest BCUT2D eigenvalue weighted by Gasteiger charge is -2.35. The summed E-state index contributed by atoms with van der Waals surface area (Å²) >= 11 is 0. The number of aromatic hydroxyl groups is 1. The number of nitrogens with one attached hydrogen (secondary N) is 1. The standard InChI is InChI=1S/C29H39N5O3.BrH/c1-18(35)32-10-12-33(13-11-32)24-9-8-19-16-34(27(30)25(19)31-24)17-23(36)20-14-21(28(2,3)4)26(37)22(15-20)29(5,6)7;/h8-9,14-15,30,37H,10-13,16-17H2,1-7H3;1H. The molecule has 0 unspecified atom stereocenters. The van der Waals surface area contributed by atoms with E-state index in [-0.39, 0.29) is 57.6 Å². The molecule has 1 amide bonds. The van der Waals surface area contributed by atoms with Crippen molar-refractivity contribution >= 4 is 40.3 Å². The maximum Gasteiger partial charge on any atom is 0.219 e. The van der Waals surface area contributed by atoms with E-state index in [1.165, 1.54) is 0 Å². The summed E-state index contributed by atoms with van der Waals surface area (Å²) in [4.78, 5) is 35.6. The first-order valence-corrected chi connectivity index (χ1v) is 12.9. The van der Waals surface area contributed by atoms with E-state index < -0.39 is 0 Å². The molecule has 2 aromatic rings. The average molecular weight is 587 g/mol. The van der Waals surface area contributed by atoms with Crippen LogP contribution in [0.5, 0.6) is 5.75 Å². The van der Waals surface area contributed by atoms with Crippen LogP contribution in [0.1, 0.15) is 81.2 Å². The second-order valence-corrected chi connectivity index (χ2v) is 12.2. The summed E-state index contributed by atoms with van der Waals surface area (Å²) in [6.45, 7) is 17.0. The Morgan fingerprint density at radius 3 is 2.03 bits per heavy atom. The van der Waals surface area contributed by atoms with Crippen LogP contribution in [0.2, 0.25) is 0 Å². The van der Waals surface area contributed by atoms with E-state index >= 15 is 0 Å². The van der Waals surface area contributed by atoms with Crippen molar-refractivity contribution in [1.29, 1.82) is 5.41 Å². The van der Waals surface area contributed by atoms with E-state index in [0.29, 0.717) is 44.0 Å². The number of benzene rings is 1. The molecule has 1 fully saturated rings. The highest BCUT2D eigenvalue weighted by molar-refractivity contribution is 8.93. The molecule has 38 heavy (non-hydrogen) atoms. The van der Waals surface area contributed by atoms with Gasteiger partial charge < -0.3 is 19.8 Å². The van der Waals surface area contributed by atoms with E-state index in [1.807, 2.05) is 58.6 Å². The van der Waals surface area contributed by atoms with Crippen molar-refractivity contribution in [1.82, 2.24) is 14.8 Å². The predicted octanol–water partition coefficient (Wildman–Crippen LogP) is 4.65. The fourth-order valence-corrected chi connectivity index (χ4v) is 5.01. The number of anilines is 1. The molecular formula is C29H40BrN5O3. The lowest BCUT2D eigenvalue weighted by molar-refractivity contribution is -0.129. The van der Waals surface area contributed by atoms with Crippen molar-refractivity contribution in [3.8, 4) is 5.75 Å². The Bertz CT molecular complexity index is 1220. The third-order valence-electron chi connectivity index (χ3n) is 7.30. The highest BCUT2D eigenvalue weighted by atomic mass is 79.9. The number of nitrogens with zero attached hydrogens (tertiary/aromatic N) is 4. The summed E-state index contributed by atoms with van der Waals surface area (Å²) in [6, 6.07) is 7.56. The van der Waals surface area contributed by atoms with Crippen LogP contribution in [0.25, 0.3) is 0 Å². The van der Waals surface area contributed by atoms with Gasteiger partial charge in [0.25, 0.3) is 0 Å². The Kier molecular flexibility index (Phi) is 8.32. The number of phenols is 1. The number of fused-ring (bicyclic) bond motifs is 1. The van der Waals surface area contributed by atoms with Crippen molar-refractivity contribution in [3.05, 3.63) is 52.2 Å². The molecule has 1 aromatic carbocycles. The smallest absolute Gasteiger partial charge is 0.219 e. The first-order valence-electron chi connectivity index (χ1n) is 12.9. The zero-order chi connectivity index (χ0) is 27.3. The lowest BCUT2D eigenvalue weighted by atomic mass is 9.78. The minimum Gasteiger partial charge on any atom is -0.507 e. The molecule has 9 heteroatoms. The van der Waals surface area contributed by atoms with Gasteiger partial charge in [0.15, 0.2) is 5.78 Å². The van der Waals surface area contributed by atoms with Crippen LogP contribution in [0.4, 0.5) is 5.82 Å². The van der Waals surface area contributed by atoms with E-state index in [1.54, 1.807) is 24.0 Å². The third kappa shape index (κ3) is 5.87. The number of hydrogen-bond acceptors (Lipinski definition) is 6. The van der Waals surface area contributed by atoms with Gasteiger partial charge in [-0.2, -0.15) is 0 Å². The fourth-order valence-electron chi connectivity index (χ4n) is 5.01. The van der Waals surface area contributed by atoms with Gasteiger partial charge in [-0.1, -0.05) is 47.6 Å². The van der Waals surface area contributed by atoms with Crippen molar-refractivity contribution in [3.63, 3.8) is 0 Å². The number of piperazine rings is 1. The van der Waals surface area contributed by atoms with Crippen molar-refractivity contribution in [2.24, 2.45) is 0 Å². The average Bonchev–Trinajstić information content (AvgIpc) is 3.12. The molecule has 0 atom stereocenters. The molecule has 0 saturated carbocycles. The maximum atomic E-state index is 13.5. The summed E-state index contributed by atoms with van der Waals surface area (Å²) < 4.78 is 0. The highest BCUT2D eigenvalue weighted by Crippen LogP contribution is 2.40. The second kappa shape index (κ2) is 10.7. The minimum atomic E-state index is -0.326. The number of carbonyl (C=O) groups is 2. The number of ketones is 1. The van der Waals surface area contributed by atoms with Crippen molar-refractivity contribution in [2.45, 2.75) is 65.8 Å². The number of Topliss-reactive ketones (excluding diaryl/α,β-unsaturated/α-hetero) is 1. The lowest BCUT2D eigenvalue weighted by Crippen LogP contribution is -2.48. The quantitative estimate of drug-likeness (QED) is 0.506. The summed E-state index contributed by atoms with van der Waals surface area (Å²) in [5.74, 6) is 1.29. The van der Waals surface area contributed by atoms with Crippen molar-refractivity contribution < 1.29 is 14.7 Å². The minimum absolute atomic E-state index is 0. The molecule has 2 aliphatic heterocycles. The van der Waals surface area contributed by atoms with Crippen LogP contribution >= 0.6 is 17.0 Å². The number of pyridine rings is 1. The molecule has 0 radical (unpaired) electrons. The van der Waals surface area contributed by atoms with Crippen LogP contribution in [0.3, 0.4) is 0 Å². The number of carbonyl (C=O) groups excluding carboxylic acids is 2. The normalized spacial score (nSPS) is 15.9. The summed E-state index contributed by atoms with van der Waals surface area (Å²) in [7, 11) is 0. The van der Waals surface area contributed by atoms with Crippen LogP contribution in [0, 0.1) is 5.41 Å². The van der Waals surface area contributed by atoms with E-state index in [9.17, 15) is 14.7 Å². The number of phenolic OH excluding ortho intramolecular Hbond substituents is 1. The Balaban J connectivity index is 0.00000400. The third-order valence-corrected chi connectivity index (χ3v) is 7.30. The van der Waals surface area contributed by atoms with Gasteiger partial charge in [0, 0.05) is 61.9 Å². The van der Waals surface area contributed by atoms with Crippen LogP contribution in [0.15, 0.2) is 24.3 Å². The molecule has 0 aliphatic carbocycles. The fraction of sp³-hybridized carbons (Fsp3) is 0.517. The second-order valence-electron chi connectivity index (χ2n) is 12.2. The summed E-state index contributed by atoms with van der Waals surface area (Å²) in [6.07, 6.45) is 0. The molecule has 4 rings (SSSR count). The molecule has 206 valence electrons. The Morgan fingerprint density at radius 2 is 1.53 bits per heavy atom. The Morgan fingerprint density at radius 1 is 0.974 bits per heavy atom. The van der Waals surface area contributed by atoms with Gasteiger partial charge in [0.05, 0.1) is 6.54 Å². The molecule has 1 aromatic heterocycles.